The van der Waals surface area contributed by atoms with Gasteiger partial charge < -0.3 is 19.2 Å². The minimum Gasteiger partial charge on any atom is -0.451 e. The van der Waals surface area contributed by atoms with Crippen molar-refractivity contribution >= 4 is 16.9 Å². The molecular formula is C24H32N2O4. The zero-order valence-electron chi connectivity index (χ0n) is 17.8. The van der Waals surface area contributed by atoms with Crippen molar-refractivity contribution in [1.82, 2.24) is 9.80 Å². The van der Waals surface area contributed by atoms with Crippen LogP contribution in [0.5, 0.6) is 0 Å². The standard InChI is InChI=1S/C24H32N2O4/c1-17-20-4-2-3-5-21(20)30-22(17)23(28)25-10-8-24(9-11-25)14-19(27)15-26(16-24)18-6-12-29-13-7-18/h2-5,18-19,27H,6-16H2,1H3. The van der Waals surface area contributed by atoms with E-state index in [0.29, 0.717) is 11.8 Å². The summed E-state index contributed by atoms with van der Waals surface area (Å²) >= 11 is 0. The van der Waals surface area contributed by atoms with Gasteiger partial charge in [-0.2, -0.15) is 0 Å². The van der Waals surface area contributed by atoms with Gasteiger partial charge in [0.25, 0.3) is 5.91 Å². The van der Waals surface area contributed by atoms with Crippen molar-refractivity contribution < 1.29 is 19.1 Å². The Morgan fingerprint density at radius 1 is 1.17 bits per heavy atom. The molecule has 0 bridgehead atoms. The van der Waals surface area contributed by atoms with E-state index in [2.05, 4.69) is 4.90 Å². The number of hydrogen-bond acceptors (Lipinski definition) is 5. The number of aliphatic hydroxyl groups is 1. The Bertz CT molecular complexity index is 909. The molecular weight excluding hydrogens is 380 g/mol. The lowest BCUT2D eigenvalue weighted by atomic mass is 9.71. The molecule has 3 aliphatic rings. The summed E-state index contributed by atoms with van der Waals surface area (Å²) in [6.45, 7) is 6.86. The first-order chi connectivity index (χ1) is 14.5. The minimum absolute atomic E-state index is 0.00352. The number of carbonyl (C=O) groups is 1. The number of carbonyl (C=O) groups excluding carboxylic acids is 1. The Labute approximate surface area is 177 Å². The van der Waals surface area contributed by atoms with Crippen LogP contribution in [0, 0.1) is 12.3 Å². The quantitative estimate of drug-likeness (QED) is 0.821. The summed E-state index contributed by atoms with van der Waals surface area (Å²) < 4.78 is 11.4. The second-order valence-electron chi connectivity index (χ2n) is 9.48. The van der Waals surface area contributed by atoms with Gasteiger partial charge in [-0.15, -0.1) is 0 Å². The summed E-state index contributed by atoms with van der Waals surface area (Å²) in [5.41, 5.74) is 1.80. The lowest BCUT2D eigenvalue weighted by Crippen LogP contribution is -2.57. The molecule has 1 unspecified atom stereocenters. The first-order valence-corrected chi connectivity index (χ1v) is 11.3. The number of ether oxygens (including phenoxy) is 1. The fourth-order valence-electron chi connectivity index (χ4n) is 5.79. The Morgan fingerprint density at radius 2 is 1.90 bits per heavy atom. The largest absolute Gasteiger partial charge is 0.451 e. The van der Waals surface area contributed by atoms with Crippen LogP contribution in [0.2, 0.25) is 0 Å². The van der Waals surface area contributed by atoms with Gasteiger partial charge in [0, 0.05) is 56.4 Å². The van der Waals surface area contributed by atoms with Crippen LogP contribution in [-0.4, -0.2) is 72.4 Å². The van der Waals surface area contributed by atoms with E-state index in [4.69, 9.17) is 9.15 Å². The molecule has 3 fully saturated rings. The summed E-state index contributed by atoms with van der Waals surface area (Å²) in [4.78, 5) is 17.6. The maximum atomic E-state index is 13.2. The first kappa shape index (κ1) is 20.0. The highest BCUT2D eigenvalue weighted by molar-refractivity contribution is 5.98. The molecule has 5 rings (SSSR count). The molecule has 6 nitrogen and oxygen atoms in total. The van der Waals surface area contributed by atoms with Crippen molar-refractivity contribution in [2.75, 3.05) is 39.4 Å². The SMILES string of the molecule is Cc1c(C(=O)N2CCC3(CC2)CC(O)CN(C2CCOCC2)C3)oc2ccccc12. The highest BCUT2D eigenvalue weighted by Crippen LogP contribution is 2.41. The van der Waals surface area contributed by atoms with Crippen LogP contribution >= 0.6 is 0 Å². The molecule has 1 spiro atoms. The number of benzene rings is 1. The third-order valence-corrected chi connectivity index (χ3v) is 7.51. The predicted octanol–water partition coefficient (Wildman–Crippen LogP) is 3.21. The normalized spacial score (nSPS) is 25.8. The van der Waals surface area contributed by atoms with E-state index in [1.807, 2.05) is 36.1 Å². The van der Waals surface area contributed by atoms with E-state index in [1.165, 1.54) is 0 Å². The molecule has 30 heavy (non-hydrogen) atoms. The Kier molecular flexibility index (Phi) is 5.33. The maximum absolute atomic E-state index is 13.2. The fourth-order valence-corrected chi connectivity index (χ4v) is 5.79. The van der Waals surface area contributed by atoms with Crippen LogP contribution < -0.4 is 0 Å². The summed E-state index contributed by atoms with van der Waals surface area (Å²) in [6, 6.07) is 8.34. The van der Waals surface area contributed by atoms with Crippen molar-refractivity contribution in [2.45, 2.75) is 51.2 Å². The van der Waals surface area contributed by atoms with Gasteiger partial charge in [-0.3, -0.25) is 9.69 Å². The van der Waals surface area contributed by atoms with Crippen molar-refractivity contribution in [2.24, 2.45) is 5.41 Å². The van der Waals surface area contributed by atoms with E-state index in [0.717, 1.165) is 88.0 Å². The zero-order valence-corrected chi connectivity index (χ0v) is 17.8. The van der Waals surface area contributed by atoms with Crippen LogP contribution in [0.4, 0.5) is 0 Å². The topological polar surface area (TPSA) is 66.2 Å². The molecule has 1 aromatic carbocycles. The molecule has 0 saturated carbocycles. The third-order valence-electron chi connectivity index (χ3n) is 7.51. The molecule has 1 aromatic heterocycles. The molecule has 1 N–H and O–H groups in total. The molecule has 2 aromatic rings. The molecule has 162 valence electrons. The van der Waals surface area contributed by atoms with E-state index in [9.17, 15) is 9.90 Å². The summed E-state index contributed by atoms with van der Waals surface area (Å²) in [5, 5.41) is 11.6. The zero-order chi connectivity index (χ0) is 20.7. The number of piperidine rings is 2. The molecule has 1 amide bonds. The van der Waals surface area contributed by atoms with E-state index in [-0.39, 0.29) is 17.4 Å². The number of likely N-dealkylation sites (tertiary alicyclic amines) is 2. The Morgan fingerprint density at radius 3 is 2.63 bits per heavy atom. The maximum Gasteiger partial charge on any atom is 0.289 e. The molecule has 3 aliphatic heterocycles. The monoisotopic (exact) mass is 412 g/mol. The average molecular weight is 413 g/mol. The lowest BCUT2D eigenvalue weighted by Gasteiger charge is -2.51. The molecule has 3 saturated heterocycles. The molecule has 0 radical (unpaired) electrons. The molecule has 0 aliphatic carbocycles. The fraction of sp³-hybridized carbons (Fsp3) is 0.625. The number of hydrogen-bond donors (Lipinski definition) is 1. The van der Waals surface area contributed by atoms with Gasteiger partial charge >= 0.3 is 0 Å². The number of amides is 1. The Hall–Kier alpha value is -1.89. The number of nitrogens with zero attached hydrogens (tertiary/aromatic N) is 2. The van der Waals surface area contributed by atoms with Gasteiger partial charge in [0.2, 0.25) is 0 Å². The highest BCUT2D eigenvalue weighted by Gasteiger charge is 2.44. The van der Waals surface area contributed by atoms with Crippen LogP contribution in [0.3, 0.4) is 0 Å². The number of β-amino-alcohol motifs (C(OH)–C–C–N with tert-alkyl or cyclic N) is 1. The predicted molar refractivity (Wildman–Crippen MR) is 115 cm³/mol. The number of furan rings is 1. The van der Waals surface area contributed by atoms with Crippen LogP contribution in [-0.2, 0) is 4.74 Å². The molecule has 4 heterocycles. The highest BCUT2D eigenvalue weighted by atomic mass is 16.5. The van der Waals surface area contributed by atoms with E-state index < -0.39 is 0 Å². The van der Waals surface area contributed by atoms with Crippen molar-refractivity contribution in [3.05, 3.63) is 35.6 Å². The first-order valence-electron chi connectivity index (χ1n) is 11.3. The van der Waals surface area contributed by atoms with Crippen molar-refractivity contribution in [3.8, 4) is 0 Å². The summed E-state index contributed by atoms with van der Waals surface area (Å²) in [7, 11) is 0. The van der Waals surface area contributed by atoms with Gasteiger partial charge in [0.15, 0.2) is 5.76 Å². The van der Waals surface area contributed by atoms with Crippen LogP contribution in [0.15, 0.2) is 28.7 Å². The second-order valence-corrected chi connectivity index (χ2v) is 9.48. The van der Waals surface area contributed by atoms with E-state index in [1.54, 1.807) is 0 Å². The van der Waals surface area contributed by atoms with Gasteiger partial charge in [-0.05, 0) is 50.5 Å². The number of aliphatic hydroxyl groups excluding tert-OH is 1. The van der Waals surface area contributed by atoms with Gasteiger partial charge in [-0.25, -0.2) is 0 Å². The van der Waals surface area contributed by atoms with Crippen molar-refractivity contribution in [3.63, 3.8) is 0 Å². The smallest absolute Gasteiger partial charge is 0.289 e. The lowest BCUT2D eigenvalue weighted by molar-refractivity contribution is -0.0696. The summed E-state index contributed by atoms with van der Waals surface area (Å²) in [5.74, 6) is 0.468. The summed E-state index contributed by atoms with van der Waals surface area (Å²) in [6.07, 6.45) is 4.56. The number of rotatable bonds is 2. The number of aryl methyl sites for hydroxylation is 1. The minimum atomic E-state index is -0.276. The average Bonchev–Trinajstić information content (AvgIpc) is 3.11. The van der Waals surface area contributed by atoms with E-state index >= 15 is 0 Å². The third kappa shape index (κ3) is 3.66. The van der Waals surface area contributed by atoms with Crippen LogP contribution in [0.1, 0.15) is 48.2 Å². The van der Waals surface area contributed by atoms with Gasteiger partial charge in [0.1, 0.15) is 5.58 Å². The van der Waals surface area contributed by atoms with Gasteiger partial charge in [0.05, 0.1) is 6.10 Å². The van der Waals surface area contributed by atoms with Gasteiger partial charge in [-0.1, -0.05) is 18.2 Å². The van der Waals surface area contributed by atoms with Crippen LogP contribution in [0.25, 0.3) is 11.0 Å². The number of fused-ring (bicyclic) bond motifs is 1. The molecule has 1 atom stereocenters. The Balaban J connectivity index is 1.28. The molecule has 6 heteroatoms. The van der Waals surface area contributed by atoms with Crippen molar-refractivity contribution in [1.29, 1.82) is 0 Å². The second kappa shape index (κ2) is 7.98. The number of para-hydroxylation sites is 1.